The van der Waals surface area contributed by atoms with Gasteiger partial charge in [-0.1, -0.05) is 41.9 Å². The van der Waals surface area contributed by atoms with E-state index in [-0.39, 0.29) is 4.92 Å². The number of hydrogen-bond donors (Lipinski definition) is 0. The molecule has 0 N–H and O–H groups in total. The van der Waals surface area contributed by atoms with E-state index in [2.05, 4.69) is 0 Å². The lowest BCUT2D eigenvalue weighted by Crippen LogP contribution is -2.53. The molecule has 1 fully saturated rings. The number of ether oxygens (including phenoxy) is 1. The van der Waals surface area contributed by atoms with E-state index < -0.39 is 17.7 Å². The number of rotatable bonds is 2. The molecule has 24 heavy (non-hydrogen) atoms. The first kappa shape index (κ1) is 15.4. The molecule has 0 aliphatic carbocycles. The average Bonchev–Trinajstić information content (AvgIpc) is 2.93. The van der Waals surface area contributed by atoms with E-state index in [1.54, 1.807) is 31.3 Å². The average molecular weight is 347 g/mol. The molecule has 3 unspecified atom stereocenters. The summed E-state index contributed by atoms with van der Waals surface area (Å²) in [6.45, 7) is 0.422. The van der Waals surface area contributed by atoms with Crippen molar-refractivity contribution in [3.63, 3.8) is 0 Å². The number of hydrogen-bond acceptors (Lipinski definition) is 5. The number of hydroxylamine groups is 2. The number of benzene rings is 2. The maximum Gasteiger partial charge on any atom is 0.389 e. The van der Waals surface area contributed by atoms with Gasteiger partial charge in [0.05, 0.1) is 4.92 Å². The molecule has 4 rings (SSSR count). The first-order valence-electron chi connectivity index (χ1n) is 7.58. The normalized spacial score (nSPS) is 28.8. The lowest BCUT2D eigenvalue weighted by molar-refractivity contribution is -0.655. The van der Waals surface area contributed by atoms with Crippen molar-refractivity contribution in [3.05, 3.63) is 74.8 Å². The lowest BCUT2D eigenvalue weighted by atomic mass is 9.80. The molecule has 2 aromatic rings. The molecule has 0 aromatic heterocycles. The Balaban J connectivity index is 1.92. The van der Waals surface area contributed by atoms with Crippen LogP contribution < -0.4 is 4.74 Å². The summed E-state index contributed by atoms with van der Waals surface area (Å²) in [5, 5.41) is 14.2. The number of fused-ring (bicyclic) bond motifs is 3. The number of nitro groups is 1. The zero-order valence-corrected chi connectivity index (χ0v) is 13.6. The van der Waals surface area contributed by atoms with Crippen LogP contribution in [0.5, 0.6) is 5.75 Å². The minimum Gasteiger partial charge on any atom is -0.475 e. The van der Waals surface area contributed by atoms with Crippen LogP contribution >= 0.6 is 11.6 Å². The van der Waals surface area contributed by atoms with Gasteiger partial charge in [-0.15, -0.1) is 0 Å². The van der Waals surface area contributed by atoms with E-state index in [1.807, 2.05) is 24.3 Å². The van der Waals surface area contributed by atoms with Crippen LogP contribution in [-0.2, 0) is 4.84 Å². The van der Waals surface area contributed by atoms with E-state index in [4.69, 9.17) is 21.2 Å². The maximum absolute atomic E-state index is 12.1. The standard InChI is InChI=1S/C17H15ClN2O4/c1-19-10-14-13-4-2-3-5-15(13)23-16(17(14,24-19)20(21)22)11-6-8-12(18)9-7-11/h2-9,14,16H,10H2,1H3. The Morgan fingerprint density at radius 1 is 1.25 bits per heavy atom. The minimum absolute atomic E-state index is 0.365. The molecule has 0 bridgehead atoms. The van der Waals surface area contributed by atoms with Gasteiger partial charge in [-0.05, 0) is 18.2 Å². The third-order valence-corrected chi connectivity index (χ3v) is 4.87. The molecule has 124 valence electrons. The van der Waals surface area contributed by atoms with Crippen molar-refractivity contribution in [2.45, 2.75) is 17.7 Å². The Labute approximate surface area is 143 Å². The van der Waals surface area contributed by atoms with Gasteiger partial charge < -0.3 is 4.74 Å². The van der Waals surface area contributed by atoms with Gasteiger partial charge in [-0.3, -0.25) is 10.1 Å². The Morgan fingerprint density at radius 3 is 2.67 bits per heavy atom. The van der Waals surface area contributed by atoms with Crippen molar-refractivity contribution in [1.29, 1.82) is 0 Å². The minimum atomic E-state index is -1.70. The largest absolute Gasteiger partial charge is 0.475 e. The molecule has 2 aromatic carbocycles. The Kier molecular flexibility index (Phi) is 3.49. The second-order valence-electron chi connectivity index (χ2n) is 6.05. The van der Waals surface area contributed by atoms with Crippen molar-refractivity contribution in [1.82, 2.24) is 5.06 Å². The van der Waals surface area contributed by atoms with E-state index in [1.165, 1.54) is 5.06 Å². The third-order valence-electron chi connectivity index (χ3n) is 4.61. The molecular formula is C17H15ClN2O4. The summed E-state index contributed by atoms with van der Waals surface area (Å²) >= 11 is 5.95. The van der Waals surface area contributed by atoms with Gasteiger partial charge in [0.15, 0.2) is 0 Å². The van der Waals surface area contributed by atoms with Gasteiger partial charge in [0.25, 0.3) is 0 Å². The summed E-state index contributed by atoms with van der Waals surface area (Å²) in [6.07, 6.45) is -0.866. The molecular weight excluding hydrogens is 332 g/mol. The first-order valence-corrected chi connectivity index (χ1v) is 7.96. The predicted octanol–water partition coefficient (Wildman–Crippen LogP) is 3.41. The molecule has 0 spiro atoms. The SMILES string of the molecule is CN1CC2c3ccccc3OC(c3ccc(Cl)cc3)C2([N+](=O)[O-])O1. The quantitative estimate of drug-likeness (QED) is 0.616. The fraction of sp³-hybridized carbons (Fsp3) is 0.294. The number of likely N-dealkylation sites (N-methyl/N-ethyl adjacent to an activating group) is 1. The Hall–Kier alpha value is -2.15. The lowest BCUT2D eigenvalue weighted by Gasteiger charge is -2.37. The molecule has 0 amide bonds. The highest BCUT2D eigenvalue weighted by molar-refractivity contribution is 6.30. The van der Waals surface area contributed by atoms with Crippen molar-refractivity contribution in [2.75, 3.05) is 13.6 Å². The van der Waals surface area contributed by atoms with Crippen molar-refractivity contribution in [3.8, 4) is 5.75 Å². The number of halogens is 1. The Bertz CT molecular complexity index is 797. The smallest absolute Gasteiger partial charge is 0.389 e. The van der Waals surface area contributed by atoms with Crippen LogP contribution in [0.1, 0.15) is 23.1 Å². The monoisotopic (exact) mass is 346 g/mol. The maximum atomic E-state index is 12.1. The summed E-state index contributed by atoms with van der Waals surface area (Å²) in [5.74, 6) is 0.224. The summed E-state index contributed by atoms with van der Waals surface area (Å²) in [6, 6.07) is 14.3. The predicted molar refractivity (Wildman–Crippen MR) is 87.4 cm³/mol. The van der Waals surface area contributed by atoms with Gasteiger partial charge >= 0.3 is 5.72 Å². The van der Waals surface area contributed by atoms with Crippen LogP contribution in [0.25, 0.3) is 0 Å². The molecule has 6 nitrogen and oxygen atoms in total. The molecule has 2 aliphatic rings. The summed E-state index contributed by atoms with van der Waals surface area (Å²) < 4.78 is 6.05. The van der Waals surface area contributed by atoms with Gasteiger partial charge in [0.2, 0.25) is 6.10 Å². The van der Waals surface area contributed by atoms with Crippen LogP contribution in [0, 0.1) is 10.1 Å². The van der Waals surface area contributed by atoms with Crippen LogP contribution in [-0.4, -0.2) is 29.3 Å². The van der Waals surface area contributed by atoms with E-state index in [0.29, 0.717) is 22.9 Å². The summed E-state index contributed by atoms with van der Waals surface area (Å²) in [4.78, 5) is 17.5. The van der Waals surface area contributed by atoms with Crippen molar-refractivity contribution < 1.29 is 14.5 Å². The van der Waals surface area contributed by atoms with Crippen LogP contribution in [0.15, 0.2) is 48.5 Å². The topological polar surface area (TPSA) is 64.8 Å². The molecule has 3 atom stereocenters. The van der Waals surface area contributed by atoms with Crippen molar-refractivity contribution >= 4 is 11.6 Å². The van der Waals surface area contributed by atoms with Crippen LogP contribution in [0.3, 0.4) is 0 Å². The van der Waals surface area contributed by atoms with Gasteiger partial charge in [0.1, 0.15) is 11.7 Å². The molecule has 0 saturated carbocycles. The van der Waals surface area contributed by atoms with Crippen molar-refractivity contribution in [2.24, 2.45) is 0 Å². The number of para-hydroxylation sites is 1. The molecule has 7 heteroatoms. The highest BCUT2D eigenvalue weighted by atomic mass is 35.5. The fourth-order valence-electron chi connectivity index (χ4n) is 3.58. The molecule has 1 saturated heterocycles. The highest BCUT2D eigenvalue weighted by Crippen LogP contribution is 2.54. The molecule has 0 radical (unpaired) electrons. The van der Waals surface area contributed by atoms with Gasteiger partial charge in [-0.2, -0.15) is 5.06 Å². The third kappa shape index (κ3) is 2.11. The van der Waals surface area contributed by atoms with Gasteiger partial charge in [0, 0.05) is 29.7 Å². The molecule has 2 aliphatic heterocycles. The van der Waals surface area contributed by atoms with Crippen LogP contribution in [0.2, 0.25) is 5.02 Å². The molecule has 2 heterocycles. The second-order valence-corrected chi connectivity index (χ2v) is 6.49. The van der Waals surface area contributed by atoms with Gasteiger partial charge in [-0.25, -0.2) is 4.84 Å². The number of nitrogens with zero attached hydrogens (tertiary/aromatic N) is 2. The van der Waals surface area contributed by atoms with Crippen LogP contribution in [0.4, 0.5) is 0 Å². The summed E-state index contributed by atoms with van der Waals surface area (Å²) in [7, 11) is 1.70. The first-order chi connectivity index (χ1) is 11.5. The second kappa shape index (κ2) is 5.44. The van der Waals surface area contributed by atoms with E-state index in [0.717, 1.165) is 5.56 Å². The Morgan fingerprint density at radius 2 is 1.96 bits per heavy atom. The van der Waals surface area contributed by atoms with E-state index >= 15 is 0 Å². The zero-order valence-electron chi connectivity index (χ0n) is 12.9. The fourth-order valence-corrected chi connectivity index (χ4v) is 3.70. The summed E-state index contributed by atoms with van der Waals surface area (Å²) in [5.41, 5.74) is -0.244. The highest BCUT2D eigenvalue weighted by Gasteiger charge is 2.68. The van der Waals surface area contributed by atoms with E-state index in [9.17, 15) is 10.1 Å². The zero-order chi connectivity index (χ0) is 16.9.